The molecule has 0 amide bonds. The fraction of sp³-hybridized carbons (Fsp3) is 0.609. The average Bonchev–Trinajstić information content (AvgIpc) is 2.69. The minimum Gasteiger partial charge on any atom is -0.493 e. The second-order valence-electron chi connectivity index (χ2n) is 6.91. The molecule has 0 spiro atoms. The Labute approximate surface area is 186 Å². The summed E-state index contributed by atoms with van der Waals surface area (Å²) in [5.41, 5.74) is 2.21. The van der Waals surface area contributed by atoms with Gasteiger partial charge in [-0.25, -0.2) is 0 Å². The molecule has 0 fully saturated rings. The molecule has 0 heterocycles. The van der Waals surface area contributed by atoms with E-state index in [-0.39, 0.29) is 4.49 Å². The largest absolute Gasteiger partial charge is 0.493 e. The minimum atomic E-state index is 0.210. The lowest BCUT2D eigenvalue weighted by atomic mass is 10.1. The van der Waals surface area contributed by atoms with Crippen LogP contribution < -0.4 is 9.47 Å². The van der Waals surface area contributed by atoms with Crippen molar-refractivity contribution in [2.45, 2.75) is 72.1 Å². The zero-order valence-electron chi connectivity index (χ0n) is 18.0. The van der Waals surface area contributed by atoms with E-state index in [0.29, 0.717) is 19.8 Å². The van der Waals surface area contributed by atoms with Crippen LogP contribution in [0.3, 0.4) is 0 Å². The number of hydrogen-bond acceptors (Lipinski definition) is 4. The van der Waals surface area contributed by atoms with Crippen LogP contribution >= 0.6 is 23.2 Å². The van der Waals surface area contributed by atoms with Crippen LogP contribution in [0.25, 0.3) is 0 Å². The number of hydrogen-bond donors (Lipinski definition) is 0. The van der Waals surface area contributed by atoms with E-state index in [1.807, 2.05) is 25.3 Å². The van der Waals surface area contributed by atoms with E-state index in [4.69, 9.17) is 37.5 Å². The van der Waals surface area contributed by atoms with Crippen LogP contribution in [0.4, 0.5) is 0 Å². The molecule has 0 saturated carbocycles. The van der Waals surface area contributed by atoms with Crippen molar-refractivity contribution >= 4 is 29.4 Å². The standard InChI is InChI=1S/C23H35Cl2NO3/c1-4-6-7-9-13-26-29-15-11-8-10-14-28-23-19(3)17-21(18-20(23)5-2)27-16-12-22(24)25/h12-13,17-18H,4-11,14-16H2,1-3H3. The topological polar surface area (TPSA) is 40.0 Å². The van der Waals surface area contributed by atoms with Crippen molar-refractivity contribution in [1.82, 2.24) is 0 Å². The summed E-state index contributed by atoms with van der Waals surface area (Å²) in [6.07, 6.45) is 12.1. The van der Waals surface area contributed by atoms with Crippen LogP contribution in [0.1, 0.15) is 69.9 Å². The Kier molecular flexibility index (Phi) is 14.5. The van der Waals surface area contributed by atoms with Crippen LogP contribution in [-0.4, -0.2) is 26.0 Å². The molecule has 0 aromatic heterocycles. The second-order valence-corrected chi connectivity index (χ2v) is 7.92. The highest BCUT2D eigenvalue weighted by Gasteiger charge is 2.09. The van der Waals surface area contributed by atoms with Crippen molar-refractivity contribution in [2.75, 3.05) is 19.8 Å². The van der Waals surface area contributed by atoms with Crippen molar-refractivity contribution in [3.05, 3.63) is 33.8 Å². The number of halogens is 2. The molecule has 0 aliphatic rings. The maximum absolute atomic E-state index is 6.06. The highest BCUT2D eigenvalue weighted by molar-refractivity contribution is 6.55. The Morgan fingerprint density at radius 2 is 1.79 bits per heavy atom. The predicted molar refractivity (Wildman–Crippen MR) is 124 cm³/mol. The maximum atomic E-state index is 6.06. The summed E-state index contributed by atoms with van der Waals surface area (Å²) < 4.78 is 12.0. The van der Waals surface area contributed by atoms with Gasteiger partial charge >= 0.3 is 0 Å². The Bertz CT molecular complexity index is 629. The third kappa shape index (κ3) is 12.0. The fourth-order valence-electron chi connectivity index (χ4n) is 2.83. The summed E-state index contributed by atoms with van der Waals surface area (Å²) >= 11 is 11.2. The lowest BCUT2D eigenvalue weighted by Gasteiger charge is -2.15. The molecular weight excluding hydrogens is 409 g/mol. The van der Waals surface area contributed by atoms with Gasteiger partial charge in [-0.3, -0.25) is 0 Å². The molecule has 1 aromatic carbocycles. The highest BCUT2D eigenvalue weighted by atomic mass is 35.5. The van der Waals surface area contributed by atoms with Gasteiger partial charge in [0, 0.05) is 6.21 Å². The Morgan fingerprint density at radius 1 is 1.00 bits per heavy atom. The summed E-state index contributed by atoms with van der Waals surface area (Å²) in [7, 11) is 0. The fourth-order valence-corrected chi connectivity index (χ4v) is 2.95. The van der Waals surface area contributed by atoms with Gasteiger partial charge in [0.25, 0.3) is 0 Å². The van der Waals surface area contributed by atoms with E-state index in [9.17, 15) is 0 Å². The lowest BCUT2D eigenvalue weighted by Crippen LogP contribution is -2.04. The molecule has 6 heteroatoms. The summed E-state index contributed by atoms with van der Waals surface area (Å²) in [4.78, 5) is 5.29. The molecule has 0 N–H and O–H groups in total. The number of aryl methyl sites for hydroxylation is 2. The Hall–Kier alpha value is -1.39. The van der Waals surface area contributed by atoms with Crippen LogP contribution in [0, 0.1) is 6.92 Å². The van der Waals surface area contributed by atoms with Crippen LogP contribution in [-0.2, 0) is 11.3 Å². The zero-order chi connectivity index (χ0) is 21.3. The van der Waals surface area contributed by atoms with Gasteiger partial charge in [-0.05, 0) is 74.8 Å². The molecular formula is C23H35Cl2NO3. The minimum absolute atomic E-state index is 0.210. The number of nitrogens with zero attached hydrogens (tertiary/aromatic N) is 1. The molecule has 0 radical (unpaired) electrons. The molecule has 0 bridgehead atoms. The number of benzene rings is 1. The summed E-state index contributed by atoms with van der Waals surface area (Å²) in [5, 5.41) is 4.00. The molecule has 29 heavy (non-hydrogen) atoms. The van der Waals surface area contributed by atoms with Gasteiger partial charge in [-0.1, -0.05) is 55.0 Å². The Morgan fingerprint density at radius 3 is 2.52 bits per heavy atom. The summed E-state index contributed by atoms with van der Waals surface area (Å²) in [5.74, 6) is 1.75. The van der Waals surface area contributed by atoms with Crippen LogP contribution in [0.5, 0.6) is 11.5 Å². The number of unbranched alkanes of at least 4 members (excludes halogenated alkanes) is 5. The van der Waals surface area contributed by atoms with Crippen LogP contribution in [0.15, 0.2) is 27.9 Å². The third-order valence-corrected chi connectivity index (χ3v) is 4.71. The molecule has 0 saturated heterocycles. The van der Waals surface area contributed by atoms with Crippen molar-refractivity contribution in [3.63, 3.8) is 0 Å². The van der Waals surface area contributed by atoms with Gasteiger partial charge in [0.1, 0.15) is 29.2 Å². The highest BCUT2D eigenvalue weighted by Crippen LogP contribution is 2.30. The number of ether oxygens (including phenoxy) is 2. The first-order valence-electron chi connectivity index (χ1n) is 10.6. The SMILES string of the molecule is CCCCCC=NOCCCCCOc1c(C)cc(OCC=C(Cl)Cl)cc1CC. The van der Waals surface area contributed by atoms with Gasteiger partial charge in [0.15, 0.2) is 0 Å². The smallest absolute Gasteiger partial charge is 0.125 e. The Balaban J connectivity index is 2.29. The molecule has 0 aliphatic carbocycles. The molecule has 0 unspecified atom stereocenters. The van der Waals surface area contributed by atoms with Crippen molar-refractivity contribution in [3.8, 4) is 11.5 Å². The lowest BCUT2D eigenvalue weighted by molar-refractivity contribution is 0.139. The molecule has 4 nitrogen and oxygen atoms in total. The molecule has 0 atom stereocenters. The van der Waals surface area contributed by atoms with Gasteiger partial charge in [-0.15, -0.1) is 0 Å². The zero-order valence-corrected chi connectivity index (χ0v) is 19.5. The van der Waals surface area contributed by atoms with E-state index in [1.165, 1.54) is 19.3 Å². The van der Waals surface area contributed by atoms with E-state index in [2.05, 4.69) is 19.0 Å². The first-order valence-corrected chi connectivity index (χ1v) is 11.4. The van der Waals surface area contributed by atoms with E-state index in [1.54, 1.807) is 6.08 Å². The number of rotatable bonds is 16. The summed E-state index contributed by atoms with van der Waals surface area (Å²) in [6.45, 7) is 8.05. The first kappa shape index (κ1) is 25.6. The van der Waals surface area contributed by atoms with E-state index in [0.717, 1.165) is 54.7 Å². The van der Waals surface area contributed by atoms with Gasteiger partial charge < -0.3 is 14.3 Å². The van der Waals surface area contributed by atoms with Crippen molar-refractivity contribution in [1.29, 1.82) is 0 Å². The van der Waals surface area contributed by atoms with Crippen molar-refractivity contribution in [2.24, 2.45) is 5.16 Å². The van der Waals surface area contributed by atoms with Gasteiger partial charge in [0.05, 0.1) is 6.61 Å². The molecule has 164 valence electrons. The maximum Gasteiger partial charge on any atom is 0.125 e. The van der Waals surface area contributed by atoms with Gasteiger partial charge in [-0.2, -0.15) is 0 Å². The monoisotopic (exact) mass is 443 g/mol. The second kappa shape index (κ2) is 16.4. The van der Waals surface area contributed by atoms with E-state index < -0.39 is 0 Å². The average molecular weight is 444 g/mol. The van der Waals surface area contributed by atoms with Gasteiger partial charge in [0.2, 0.25) is 0 Å². The summed E-state index contributed by atoms with van der Waals surface area (Å²) in [6, 6.07) is 4.00. The quantitative estimate of drug-likeness (QED) is 0.152. The molecule has 1 rings (SSSR count). The number of oxime groups is 1. The van der Waals surface area contributed by atoms with E-state index >= 15 is 0 Å². The van der Waals surface area contributed by atoms with Crippen LogP contribution in [0.2, 0.25) is 0 Å². The molecule has 0 aliphatic heterocycles. The first-order chi connectivity index (χ1) is 14.1. The normalized spacial score (nSPS) is 10.9. The third-order valence-electron chi connectivity index (χ3n) is 4.41. The predicted octanol–water partition coefficient (Wildman–Crippen LogP) is 7.39. The van der Waals surface area contributed by atoms with Crippen molar-refractivity contribution < 1.29 is 14.3 Å². The molecule has 1 aromatic rings.